The maximum Gasteiger partial charge on any atom is 0.253 e. The van der Waals surface area contributed by atoms with Gasteiger partial charge in [0, 0.05) is 37.2 Å². The topological polar surface area (TPSA) is 75.8 Å². The summed E-state index contributed by atoms with van der Waals surface area (Å²) < 4.78 is 6.34. The Kier molecular flexibility index (Phi) is 5.38. The Morgan fingerprint density at radius 1 is 1.18 bits per heavy atom. The summed E-state index contributed by atoms with van der Waals surface area (Å²) >= 11 is 0. The number of ether oxygens (including phenoxy) is 1. The van der Waals surface area contributed by atoms with Gasteiger partial charge in [0.15, 0.2) is 0 Å². The number of phenols is 1. The van der Waals surface area contributed by atoms with E-state index in [0.717, 1.165) is 48.2 Å². The third kappa shape index (κ3) is 3.52. The van der Waals surface area contributed by atoms with Crippen LogP contribution in [-0.4, -0.2) is 41.7 Å². The van der Waals surface area contributed by atoms with Crippen LogP contribution in [0.25, 0.3) is 0 Å². The van der Waals surface area contributed by atoms with E-state index in [9.17, 15) is 9.90 Å². The predicted octanol–water partition coefficient (Wildman–Crippen LogP) is 3.19. The monoisotopic (exact) mass is 380 g/mol. The lowest BCUT2D eigenvalue weighted by atomic mass is 9.83. The van der Waals surface area contributed by atoms with Crippen LogP contribution < -0.4 is 5.73 Å². The third-order valence-electron chi connectivity index (χ3n) is 6.20. The first-order chi connectivity index (χ1) is 13.6. The van der Waals surface area contributed by atoms with E-state index >= 15 is 0 Å². The summed E-state index contributed by atoms with van der Waals surface area (Å²) in [7, 11) is 0. The van der Waals surface area contributed by atoms with E-state index in [1.165, 1.54) is 0 Å². The molecule has 0 aliphatic carbocycles. The molecule has 2 aliphatic heterocycles. The van der Waals surface area contributed by atoms with Crippen LogP contribution in [0.5, 0.6) is 5.75 Å². The fourth-order valence-electron chi connectivity index (χ4n) is 4.52. The molecule has 2 aromatic rings. The number of rotatable bonds is 3. The quantitative estimate of drug-likeness (QED) is 0.857. The normalized spacial score (nSPS) is 22.7. The highest BCUT2D eigenvalue weighted by Crippen LogP contribution is 2.40. The number of aromatic hydroxyl groups is 1. The highest BCUT2D eigenvalue weighted by atomic mass is 16.5. The van der Waals surface area contributed by atoms with Crippen molar-refractivity contribution in [1.82, 2.24) is 4.90 Å². The number of nitrogens with zero attached hydrogens (tertiary/aromatic N) is 1. The van der Waals surface area contributed by atoms with Gasteiger partial charge in [0.05, 0.1) is 12.2 Å². The van der Waals surface area contributed by atoms with E-state index < -0.39 is 0 Å². The lowest BCUT2D eigenvalue weighted by Gasteiger charge is -2.40. The van der Waals surface area contributed by atoms with Gasteiger partial charge in [-0.2, -0.15) is 0 Å². The second-order valence-electron chi connectivity index (χ2n) is 7.90. The molecule has 3 N–H and O–H groups in total. The standard InChI is InChI=1S/C23H28N2O3/c1-15-7-8-18-19(22(15)26)13-20(28-21(18)14-24)16-9-11-25(12-10-16)23(27)17-5-3-2-4-6-17/h2-8,16,20-21,26H,9-14,24H2,1H3/t20-,21-/m0/s1. The van der Waals surface area contributed by atoms with Crippen LogP contribution in [-0.2, 0) is 11.2 Å². The lowest BCUT2D eigenvalue weighted by Crippen LogP contribution is -2.44. The number of nitrogens with two attached hydrogens (primary N) is 1. The van der Waals surface area contributed by atoms with Gasteiger partial charge < -0.3 is 20.5 Å². The molecular weight excluding hydrogens is 352 g/mol. The molecule has 2 heterocycles. The van der Waals surface area contributed by atoms with Crippen molar-refractivity contribution in [2.45, 2.75) is 38.4 Å². The van der Waals surface area contributed by atoms with Crippen molar-refractivity contribution in [2.24, 2.45) is 11.7 Å². The largest absolute Gasteiger partial charge is 0.507 e. The van der Waals surface area contributed by atoms with Crippen molar-refractivity contribution in [3.8, 4) is 5.75 Å². The summed E-state index contributed by atoms with van der Waals surface area (Å²) in [5, 5.41) is 10.6. The van der Waals surface area contributed by atoms with E-state index in [-0.39, 0.29) is 18.1 Å². The molecule has 0 radical (unpaired) electrons. The number of piperidine rings is 1. The Morgan fingerprint density at radius 3 is 2.57 bits per heavy atom. The Labute approximate surface area is 166 Å². The number of likely N-dealkylation sites (tertiary alicyclic amines) is 1. The highest BCUT2D eigenvalue weighted by Gasteiger charge is 2.36. The number of carbonyl (C=O) groups excluding carboxylic acids is 1. The Hall–Kier alpha value is -2.37. The van der Waals surface area contributed by atoms with Crippen LogP contribution >= 0.6 is 0 Å². The Balaban J connectivity index is 1.45. The molecule has 0 unspecified atom stereocenters. The number of benzene rings is 2. The van der Waals surface area contributed by atoms with Gasteiger partial charge in [-0.25, -0.2) is 0 Å². The molecule has 2 aliphatic rings. The van der Waals surface area contributed by atoms with Crippen LogP contribution in [0, 0.1) is 12.8 Å². The molecule has 2 aromatic carbocycles. The summed E-state index contributed by atoms with van der Waals surface area (Å²) in [6, 6.07) is 13.4. The molecule has 5 heteroatoms. The zero-order valence-corrected chi connectivity index (χ0v) is 16.3. The molecule has 1 saturated heterocycles. The zero-order chi connectivity index (χ0) is 19.7. The van der Waals surface area contributed by atoms with Crippen molar-refractivity contribution in [1.29, 1.82) is 0 Å². The number of aryl methyl sites for hydroxylation is 1. The fourth-order valence-corrected chi connectivity index (χ4v) is 4.52. The van der Waals surface area contributed by atoms with Gasteiger partial charge in [0.2, 0.25) is 0 Å². The number of amides is 1. The van der Waals surface area contributed by atoms with Gasteiger partial charge in [-0.3, -0.25) is 4.79 Å². The number of hydrogen-bond donors (Lipinski definition) is 2. The third-order valence-corrected chi connectivity index (χ3v) is 6.20. The first-order valence-electron chi connectivity index (χ1n) is 10.1. The van der Waals surface area contributed by atoms with Crippen molar-refractivity contribution < 1.29 is 14.6 Å². The van der Waals surface area contributed by atoms with Gasteiger partial charge >= 0.3 is 0 Å². The minimum Gasteiger partial charge on any atom is -0.507 e. The van der Waals surface area contributed by atoms with Crippen LogP contribution in [0.4, 0.5) is 0 Å². The molecule has 1 fully saturated rings. The summed E-state index contributed by atoms with van der Waals surface area (Å²) in [5.41, 5.74) is 9.59. The van der Waals surface area contributed by atoms with Gasteiger partial charge in [0.25, 0.3) is 5.91 Å². The SMILES string of the molecule is Cc1ccc2c(c1O)C[C@@H](C1CCN(C(=O)c3ccccc3)CC1)O[C@H]2CN. The fraction of sp³-hybridized carbons (Fsp3) is 0.435. The maximum atomic E-state index is 12.7. The Bertz CT molecular complexity index is 844. The van der Waals surface area contributed by atoms with Crippen LogP contribution in [0.2, 0.25) is 0 Å². The Morgan fingerprint density at radius 2 is 1.89 bits per heavy atom. The number of hydrogen-bond acceptors (Lipinski definition) is 4. The van der Waals surface area contributed by atoms with Crippen molar-refractivity contribution in [2.75, 3.05) is 19.6 Å². The molecule has 5 nitrogen and oxygen atoms in total. The molecule has 0 aromatic heterocycles. The predicted molar refractivity (Wildman–Crippen MR) is 108 cm³/mol. The molecule has 4 rings (SSSR count). The minimum atomic E-state index is -0.177. The van der Waals surface area contributed by atoms with E-state index in [0.29, 0.717) is 24.6 Å². The lowest BCUT2D eigenvalue weighted by molar-refractivity contribution is -0.0632. The van der Waals surface area contributed by atoms with Crippen LogP contribution in [0.3, 0.4) is 0 Å². The second kappa shape index (κ2) is 7.94. The number of carbonyl (C=O) groups is 1. The molecule has 1 amide bonds. The number of phenolic OH excluding ortho intramolecular Hbond substituents is 1. The van der Waals surface area contributed by atoms with Crippen LogP contribution in [0.15, 0.2) is 42.5 Å². The first-order valence-corrected chi connectivity index (χ1v) is 10.1. The first kappa shape index (κ1) is 19.0. The summed E-state index contributed by atoms with van der Waals surface area (Å²) in [6.07, 6.45) is 2.37. The molecule has 2 atom stereocenters. The summed E-state index contributed by atoms with van der Waals surface area (Å²) in [6.45, 7) is 3.79. The molecule has 0 bridgehead atoms. The average molecular weight is 380 g/mol. The zero-order valence-electron chi connectivity index (χ0n) is 16.3. The minimum absolute atomic E-state index is 0.0303. The van der Waals surface area contributed by atoms with Gasteiger partial charge in [0.1, 0.15) is 5.75 Å². The average Bonchev–Trinajstić information content (AvgIpc) is 2.76. The summed E-state index contributed by atoms with van der Waals surface area (Å²) in [5.74, 6) is 0.838. The summed E-state index contributed by atoms with van der Waals surface area (Å²) in [4.78, 5) is 14.6. The number of fused-ring (bicyclic) bond motifs is 1. The van der Waals surface area contributed by atoms with Crippen LogP contribution in [0.1, 0.15) is 46.0 Å². The molecule has 0 saturated carbocycles. The molecule has 28 heavy (non-hydrogen) atoms. The van der Waals surface area contributed by atoms with E-state index in [4.69, 9.17) is 10.5 Å². The smallest absolute Gasteiger partial charge is 0.253 e. The van der Waals surface area contributed by atoms with Crippen molar-refractivity contribution in [3.05, 3.63) is 64.7 Å². The van der Waals surface area contributed by atoms with Gasteiger partial charge in [-0.15, -0.1) is 0 Å². The highest BCUT2D eigenvalue weighted by molar-refractivity contribution is 5.94. The van der Waals surface area contributed by atoms with E-state index in [2.05, 4.69) is 0 Å². The van der Waals surface area contributed by atoms with Crippen molar-refractivity contribution in [3.63, 3.8) is 0 Å². The van der Waals surface area contributed by atoms with Gasteiger partial charge in [-0.05, 0) is 48.9 Å². The molecular formula is C23H28N2O3. The second-order valence-corrected chi connectivity index (χ2v) is 7.90. The maximum absolute atomic E-state index is 12.7. The van der Waals surface area contributed by atoms with E-state index in [1.54, 1.807) is 0 Å². The molecule has 0 spiro atoms. The van der Waals surface area contributed by atoms with Gasteiger partial charge in [-0.1, -0.05) is 30.3 Å². The van der Waals surface area contributed by atoms with Crippen molar-refractivity contribution >= 4 is 5.91 Å². The molecule has 148 valence electrons. The van der Waals surface area contributed by atoms with E-state index in [1.807, 2.05) is 54.3 Å².